The van der Waals surface area contributed by atoms with Crippen molar-refractivity contribution in [2.24, 2.45) is 4.99 Å². The summed E-state index contributed by atoms with van der Waals surface area (Å²) in [5.41, 5.74) is 20.0. The zero-order chi connectivity index (χ0) is 41.0. The summed E-state index contributed by atoms with van der Waals surface area (Å²) in [7, 11) is 0. The van der Waals surface area contributed by atoms with Gasteiger partial charge in [-0.1, -0.05) is 200 Å². The number of para-hydroxylation sites is 3. The molecule has 0 radical (unpaired) electrons. The number of nitrogens with one attached hydrogen (secondary N) is 1. The van der Waals surface area contributed by atoms with Crippen LogP contribution in [0.3, 0.4) is 0 Å². The molecule has 1 aliphatic carbocycles. The van der Waals surface area contributed by atoms with Crippen molar-refractivity contribution in [3.8, 4) is 33.4 Å². The summed E-state index contributed by atoms with van der Waals surface area (Å²) in [5.74, 6) is 0.874. The molecule has 0 aromatic heterocycles. The van der Waals surface area contributed by atoms with Gasteiger partial charge in [-0.05, 0) is 103 Å². The van der Waals surface area contributed by atoms with E-state index in [1.165, 1.54) is 72.6 Å². The van der Waals surface area contributed by atoms with Gasteiger partial charge >= 0.3 is 0 Å². The lowest BCUT2D eigenvalue weighted by atomic mass is 9.64. The third kappa shape index (κ3) is 5.63. The summed E-state index contributed by atoms with van der Waals surface area (Å²) in [6, 6.07) is 83.7. The Bertz CT molecular complexity index is 3160. The topological polar surface area (TPSA) is 27.6 Å². The van der Waals surface area contributed by atoms with Crippen LogP contribution in [0, 0.1) is 0 Å². The van der Waals surface area contributed by atoms with E-state index in [0.717, 1.165) is 28.3 Å². The molecule has 3 nitrogen and oxygen atoms in total. The molecule has 3 aliphatic rings. The number of benzene rings is 9. The summed E-state index contributed by atoms with van der Waals surface area (Å²) < 4.78 is 0. The van der Waals surface area contributed by atoms with E-state index in [9.17, 15) is 0 Å². The summed E-state index contributed by atoms with van der Waals surface area (Å²) in [6.45, 7) is 0. The number of rotatable bonds is 6. The Kier molecular flexibility index (Phi) is 8.46. The van der Waals surface area contributed by atoms with Crippen molar-refractivity contribution in [2.75, 3.05) is 4.90 Å². The molecule has 2 aliphatic heterocycles. The Morgan fingerprint density at radius 2 is 0.887 bits per heavy atom. The third-order valence-corrected chi connectivity index (χ3v) is 12.9. The van der Waals surface area contributed by atoms with Crippen LogP contribution in [0.25, 0.3) is 39.1 Å². The van der Waals surface area contributed by atoms with Gasteiger partial charge in [-0.25, -0.2) is 0 Å². The predicted molar refractivity (Wildman–Crippen MR) is 256 cm³/mol. The van der Waals surface area contributed by atoms with Gasteiger partial charge < -0.3 is 10.2 Å². The van der Waals surface area contributed by atoms with Crippen molar-refractivity contribution in [1.29, 1.82) is 0 Å². The van der Waals surface area contributed by atoms with E-state index in [1.807, 2.05) is 6.07 Å². The summed E-state index contributed by atoms with van der Waals surface area (Å²) in [4.78, 5) is 7.59. The van der Waals surface area contributed by atoms with Crippen molar-refractivity contribution >= 4 is 28.6 Å². The fourth-order valence-electron chi connectivity index (χ4n) is 10.2. The predicted octanol–water partition coefficient (Wildman–Crippen LogP) is 14.3. The van der Waals surface area contributed by atoms with Gasteiger partial charge in [0.25, 0.3) is 0 Å². The Hall–Kier alpha value is -8.01. The van der Waals surface area contributed by atoms with E-state index in [0.29, 0.717) is 0 Å². The van der Waals surface area contributed by atoms with Crippen LogP contribution in [-0.4, -0.2) is 5.84 Å². The minimum Gasteiger partial charge on any atom is -0.340 e. The lowest BCUT2D eigenvalue weighted by molar-refractivity contribution is 0.753. The molecule has 9 aromatic carbocycles. The van der Waals surface area contributed by atoms with Crippen molar-refractivity contribution in [3.05, 3.63) is 276 Å². The van der Waals surface area contributed by atoms with Crippen molar-refractivity contribution in [2.45, 2.75) is 11.5 Å². The lowest BCUT2D eigenvalue weighted by Crippen LogP contribution is -2.36. The zero-order valence-electron chi connectivity index (χ0n) is 34.0. The standard InChI is InChI=1S/C59H41N3/c1-4-18-41(19-5-1)54-39-55(61-58(60-54)43-20-6-2-7-21-43)42-34-32-40(33-35-42)46-24-10-11-25-47(46)44-36-37-49-48-26-12-13-27-50(48)59(53(49)38-44)51-28-14-16-30-56(51)62(45-22-8-3-9-23-45)57-31-17-15-29-52(57)59/h1-39,54H,(H,60,61). The highest BCUT2D eigenvalue weighted by molar-refractivity contribution is 6.05. The molecule has 0 bridgehead atoms. The first kappa shape index (κ1) is 35.9. The van der Waals surface area contributed by atoms with E-state index >= 15 is 0 Å². The average Bonchev–Trinajstić information content (AvgIpc) is 3.65. The number of hydrogen-bond donors (Lipinski definition) is 1. The van der Waals surface area contributed by atoms with E-state index in [4.69, 9.17) is 4.99 Å². The van der Waals surface area contributed by atoms with Gasteiger partial charge in [0.1, 0.15) is 5.84 Å². The highest BCUT2D eigenvalue weighted by Gasteiger charge is 2.51. The zero-order valence-corrected chi connectivity index (χ0v) is 34.0. The van der Waals surface area contributed by atoms with Gasteiger partial charge in [-0.2, -0.15) is 0 Å². The average molecular weight is 792 g/mol. The summed E-state index contributed by atoms with van der Waals surface area (Å²) in [6.07, 6.45) is 2.24. The maximum Gasteiger partial charge on any atom is 0.133 e. The fraction of sp³-hybridized carbons (Fsp3) is 0.0339. The first-order valence-electron chi connectivity index (χ1n) is 21.4. The number of anilines is 3. The molecule has 0 saturated carbocycles. The Morgan fingerprint density at radius 1 is 0.387 bits per heavy atom. The molecule has 1 spiro atoms. The largest absolute Gasteiger partial charge is 0.340 e. The quantitative estimate of drug-likeness (QED) is 0.182. The maximum atomic E-state index is 5.15. The second-order valence-corrected chi connectivity index (χ2v) is 16.3. The normalized spacial score (nSPS) is 15.4. The fourth-order valence-corrected chi connectivity index (χ4v) is 10.2. The van der Waals surface area contributed by atoms with Crippen LogP contribution in [-0.2, 0) is 5.41 Å². The second-order valence-electron chi connectivity index (χ2n) is 16.3. The molecule has 9 aromatic rings. The molecule has 12 rings (SSSR count). The summed E-state index contributed by atoms with van der Waals surface area (Å²) >= 11 is 0. The van der Waals surface area contributed by atoms with Gasteiger partial charge in [0.15, 0.2) is 0 Å². The van der Waals surface area contributed by atoms with E-state index in [-0.39, 0.29) is 6.04 Å². The number of aliphatic imine (C=N–C) groups is 1. The molecular weight excluding hydrogens is 751 g/mol. The molecule has 1 atom stereocenters. The highest BCUT2D eigenvalue weighted by Crippen LogP contribution is 2.63. The van der Waals surface area contributed by atoms with Crippen molar-refractivity contribution < 1.29 is 0 Å². The van der Waals surface area contributed by atoms with Gasteiger partial charge in [0, 0.05) is 16.9 Å². The molecule has 0 amide bonds. The molecule has 62 heavy (non-hydrogen) atoms. The number of hydrogen-bond acceptors (Lipinski definition) is 3. The molecular formula is C59H41N3. The van der Waals surface area contributed by atoms with Crippen LogP contribution in [0.5, 0.6) is 0 Å². The second kappa shape index (κ2) is 14.6. The smallest absolute Gasteiger partial charge is 0.133 e. The van der Waals surface area contributed by atoms with Crippen LogP contribution < -0.4 is 10.2 Å². The van der Waals surface area contributed by atoms with E-state index < -0.39 is 5.41 Å². The molecule has 292 valence electrons. The first-order valence-corrected chi connectivity index (χ1v) is 21.4. The Balaban J connectivity index is 0.973. The van der Waals surface area contributed by atoms with Crippen LogP contribution in [0.1, 0.15) is 45.0 Å². The van der Waals surface area contributed by atoms with Gasteiger partial charge in [-0.3, -0.25) is 4.99 Å². The van der Waals surface area contributed by atoms with Crippen LogP contribution in [0.2, 0.25) is 0 Å². The third-order valence-electron chi connectivity index (χ3n) is 12.9. The molecule has 0 saturated heterocycles. The summed E-state index contributed by atoms with van der Waals surface area (Å²) in [5, 5.41) is 3.68. The van der Waals surface area contributed by atoms with Gasteiger partial charge in [0.2, 0.25) is 0 Å². The monoisotopic (exact) mass is 791 g/mol. The minimum atomic E-state index is -0.517. The van der Waals surface area contributed by atoms with Crippen LogP contribution in [0.4, 0.5) is 17.1 Å². The SMILES string of the molecule is C1=C(c2ccc(-c3ccccc3-c3ccc4c(c3)C3(c5ccccc5-4)c4ccccc4N(c4ccccc4)c4ccccc43)cc2)NC(c2ccccc2)=NC1c1ccccc1. The Labute approximate surface area is 362 Å². The molecule has 2 heterocycles. The molecule has 3 heteroatoms. The van der Waals surface area contributed by atoms with E-state index in [1.54, 1.807) is 0 Å². The lowest BCUT2D eigenvalue weighted by Gasteiger charge is -2.45. The molecule has 1 N–H and O–H groups in total. The van der Waals surface area contributed by atoms with E-state index in [2.05, 4.69) is 241 Å². The number of fused-ring (bicyclic) bond motifs is 9. The van der Waals surface area contributed by atoms with Crippen LogP contribution >= 0.6 is 0 Å². The van der Waals surface area contributed by atoms with Crippen molar-refractivity contribution in [1.82, 2.24) is 5.32 Å². The highest BCUT2D eigenvalue weighted by atomic mass is 15.2. The minimum absolute atomic E-state index is 0.0956. The van der Waals surface area contributed by atoms with Crippen LogP contribution in [0.15, 0.2) is 242 Å². The molecule has 0 fully saturated rings. The number of amidine groups is 1. The Morgan fingerprint density at radius 3 is 1.56 bits per heavy atom. The van der Waals surface area contributed by atoms with Crippen molar-refractivity contribution in [3.63, 3.8) is 0 Å². The first-order chi connectivity index (χ1) is 30.8. The van der Waals surface area contributed by atoms with Gasteiger partial charge in [-0.15, -0.1) is 0 Å². The molecule has 1 unspecified atom stereocenters. The maximum absolute atomic E-state index is 5.15. The number of nitrogens with zero attached hydrogens (tertiary/aromatic N) is 2. The van der Waals surface area contributed by atoms with Gasteiger partial charge in [0.05, 0.1) is 22.8 Å².